The minimum atomic E-state index is -1.28. The average Bonchev–Trinajstić information content (AvgIpc) is 3.68. The summed E-state index contributed by atoms with van der Waals surface area (Å²) in [5.74, 6) is -1.62. The monoisotopic (exact) mass is 745 g/mol. The fourth-order valence-electron chi connectivity index (χ4n) is 7.89. The van der Waals surface area contributed by atoms with Crippen LogP contribution in [0, 0.1) is 23.7 Å². The molecule has 7 rings (SSSR count). The second kappa shape index (κ2) is 8.47. The number of Topliss-reactive ketones (excluding diaryl/α,β-unsaturated/α-hetero) is 1. The van der Waals surface area contributed by atoms with Gasteiger partial charge in [-0.25, -0.2) is 9.98 Å². The molecule has 9 atom stereocenters. The SMILES string of the molecule is NC1=N[C@@H]2n3cc(Br)cc3C(=O)C3C[C@@H]4[C@H](CNC(=O)c5cc(Br)c(Br)[nH]5)[C@H](Cl)[C@]5(NC(N)=N[C@@H]5O)[C@@H]4[C@]32N1. The first kappa shape index (κ1) is 25.9. The quantitative estimate of drug-likeness (QED) is 0.231. The fraction of sp³-hybridized carbons (Fsp3) is 0.478. The number of ketones is 1. The highest BCUT2D eigenvalue weighted by Crippen LogP contribution is 2.67. The smallest absolute Gasteiger partial charge is 0.267 e. The number of aromatic amines is 1. The summed E-state index contributed by atoms with van der Waals surface area (Å²) in [4.78, 5) is 38.9. The Morgan fingerprint density at radius 2 is 1.92 bits per heavy atom. The van der Waals surface area contributed by atoms with Crippen molar-refractivity contribution in [2.24, 2.45) is 45.1 Å². The number of carbonyl (C=O) groups is 2. The predicted molar refractivity (Wildman–Crippen MR) is 153 cm³/mol. The number of hydrogen-bond donors (Lipinski definition) is 7. The zero-order valence-electron chi connectivity index (χ0n) is 20.0. The van der Waals surface area contributed by atoms with Crippen molar-refractivity contribution in [1.29, 1.82) is 0 Å². The van der Waals surface area contributed by atoms with Gasteiger partial charge in [0.05, 0.1) is 31.6 Å². The number of amides is 1. The van der Waals surface area contributed by atoms with E-state index in [9.17, 15) is 14.7 Å². The molecule has 12 nitrogen and oxygen atoms in total. The van der Waals surface area contributed by atoms with Crippen LogP contribution in [0.1, 0.15) is 33.6 Å². The summed E-state index contributed by atoms with van der Waals surface area (Å²) in [5, 5.41) is 20.3. The third kappa shape index (κ3) is 3.24. The summed E-state index contributed by atoms with van der Waals surface area (Å²) in [6.45, 7) is 0.203. The summed E-state index contributed by atoms with van der Waals surface area (Å²) in [7, 11) is 0. The van der Waals surface area contributed by atoms with Gasteiger partial charge in [0.25, 0.3) is 5.91 Å². The molecule has 1 unspecified atom stereocenters. The number of guanidine groups is 2. The maximum atomic E-state index is 14.0. The predicted octanol–water partition coefficient (Wildman–Crippen LogP) is 1.35. The van der Waals surface area contributed by atoms with Crippen molar-refractivity contribution in [3.8, 4) is 0 Å². The number of alkyl halides is 1. The molecule has 9 N–H and O–H groups in total. The number of aliphatic hydroxyl groups excluding tert-OH is 1. The minimum absolute atomic E-state index is 0.0460. The second-order valence-electron chi connectivity index (χ2n) is 10.8. The number of halogens is 4. The third-order valence-electron chi connectivity index (χ3n) is 9.11. The van der Waals surface area contributed by atoms with Gasteiger partial charge in [0.2, 0.25) is 0 Å². The van der Waals surface area contributed by atoms with Crippen LogP contribution in [-0.4, -0.2) is 67.5 Å². The van der Waals surface area contributed by atoms with Crippen molar-refractivity contribution in [3.63, 3.8) is 0 Å². The molecule has 0 bridgehead atoms. The molecular weight excluding hydrogens is 725 g/mol. The van der Waals surface area contributed by atoms with Gasteiger partial charge in [0.1, 0.15) is 11.2 Å². The molecule has 0 aromatic carbocycles. The molecule has 206 valence electrons. The molecule has 2 aliphatic carbocycles. The Balaban J connectivity index is 1.31. The van der Waals surface area contributed by atoms with Gasteiger partial charge in [-0.15, -0.1) is 11.6 Å². The van der Waals surface area contributed by atoms with Crippen molar-refractivity contribution >= 4 is 83.0 Å². The number of aliphatic hydroxyl groups is 1. The fourth-order valence-corrected chi connectivity index (χ4v) is 9.56. The summed E-state index contributed by atoms with van der Waals surface area (Å²) in [6, 6.07) is 3.47. The maximum Gasteiger partial charge on any atom is 0.267 e. The molecule has 2 aromatic rings. The van der Waals surface area contributed by atoms with Crippen molar-refractivity contribution in [1.82, 2.24) is 25.5 Å². The molecule has 3 aliphatic heterocycles. The van der Waals surface area contributed by atoms with E-state index < -0.39 is 40.7 Å². The van der Waals surface area contributed by atoms with Crippen LogP contribution in [0.5, 0.6) is 0 Å². The first-order valence-corrected chi connectivity index (χ1v) is 15.1. The van der Waals surface area contributed by atoms with Crippen molar-refractivity contribution in [3.05, 3.63) is 43.3 Å². The van der Waals surface area contributed by atoms with Gasteiger partial charge in [-0.1, -0.05) is 0 Å². The molecule has 39 heavy (non-hydrogen) atoms. The highest BCUT2D eigenvalue weighted by molar-refractivity contribution is 9.13. The van der Waals surface area contributed by atoms with Gasteiger partial charge in [0.15, 0.2) is 30.1 Å². The van der Waals surface area contributed by atoms with Gasteiger partial charge in [0, 0.05) is 23.1 Å². The van der Waals surface area contributed by atoms with Gasteiger partial charge in [-0.05, 0) is 78.2 Å². The number of fused-ring (bicyclic) bond motifs is 4. The van der Waals surface area contributed by atoms with Crippen molar-refractivity contribution < 1.29 is 14.7 Å². The van der Waals surface area contributed by atoms with Crippen LogP contribution in [0.2, 0.25) is 0 Å². The van der Waals surface area contributed by atoms with Gasteiger partial charge < -0.3 is 42.1 Å². The van der Waals surface area contributed by atoms with E-state index >= 15 is 0 Å². The Hall–Kier alpha value is -2.07. The number of nitrogens with one attached hydrogen (secondary N) is 4. The Morgan fingerprint density at radius 1 is 1.21 bits per heavy atom. The lowest BCUT2D eigenvalue weighted by Crippen LogP contribution is -2.71. The van der Waals surface area contributed by atoms with E-state index in [-0.39, 0.29) is 42.0 Å². The molecule has 2 fully saturated rings. The number of nitrogens with zero attached hydrogens (tertiary/aromatic N) is 3. The number of nitrogens with two attached hydrogens (primary N) is 2. The van der Waals surface area contributed by atoms with Crippen molar-refractivity contribution in [2.45, 2.75) is 35.3 Å². The lowest BCUT2D eigenvalue weighted by molar-refractivity contribution is 0.0102. The summed E-state index contributed by atoms with van der Waals surface area (Å²) >= 11 is 17.5. The molecule has 5 heterocycles. The highest BCUT2D eigenvalue weighted by Gasteiger charge is 2.79. The van der Waals surface area contributed by atoms with E-state index in [2.05, 4.69) is 73.7 Å². The second-order valence-corrected chi connectivity index (χ2v) is 13.8. The lowest BCUT2D eigenvalue weighted by atomic mass is 9.66. The molecule has 2 saturated carbocycles. The van der Waals surface area contributed by atoms with Crippen LogP contribution in [0.15, 0.2) is 41.9 Å². The number of hydrogen-bond acceptors (Lipinski definition) is 9. The molecule has 0 saturated heterocycles. The first-order chi connectivity index (χ1) is 18.5. The Kier molecular flexibility index (Phi) is 5.62. The standard InChI is InChI=1S/C23H23Br3ClN9O3/c24-6-1-12-13(37)9-2-7-8(4-30-17(38)11-3-10(25)16(26)31-11)15(27)23(19(39)33-21(29)35-23)14(7)22(9)18(36(12)5-6)32-20(28)34-22/h1,3,5,7-9,14-15,18-19,31,39H,2,4H2,(H,30,38)(H3,28,32,34)(H3,29,33,35)/t7-,8+,9?,14+,15+,18-,19-,22-,23-/m1/s1. The summed E-state index contributed by atoms with van der Waals surface area (Å²) in [6.07, 6.45) is 0.433. The number of rotatable bonds is 3. The van der Waals surface area contributed by atoms with E-state index in [0.717, 1.165) is 8.95 Å². The number of aromatic nitrogens is 2. The highest BCUT2D eigenvalue weighted by atomic mass is 79.9. The Bertz CT molecular complexity index is 1490. The maximum absolute atomic E-state index is 14.0. The van der Waals surface area contributed by atoms with E-state index in [1.807, 2.05) is 10.8 Å². The Labute approximate surface area is 252 Å². The van der Waals surface area contributed by atoms with E-state index in [0.29, 0.717) is 22.4 Å². The molecule has 1 amide bonds. The van der Waals surface area contributed by atoms with Crippen LogP contribution < -0.4 is 27.4 Å². The summed E-state index contributed by atoms with van der Waals surface area (Å²) in [5.41, 5.74) is 11.1. The molecule has 0 radical (unpaired) electrons. The van der Waals surface area contributed by atoms with Gasteiger partial charge >= 0.3 is 0 Å². The van der Waals surface area contributed by atoms with E-state index in [1.165, 1.54) is 0 Å². The third-order valence-corrected chi connectivity index (χ3v) is 12.0. The Morgan fingerprint density at radius 3 is 2.59 bits per heavy atom. The molecule has 5 aliphatic rings. The molecular formula is C23H23Br3ClN9O3. The van der Waals surface area contributed by atoms with Gasteiger partial charge in [-0.2, -0.15) is 0 Å². The lowest BCUT2D eigenvalue weighted by Gasteiger charge is -2.50. The van der Waals surface area contributed by atoms with Crippen LogP contribution >= 0.6 is 59.4 Å². The number of aliphatic imine (C=N–C) groups is 2. The van der Waals surface area contributed by atoms with Crippen molar-refractivity contribution in [2.75, 3.05) is 6.54 Å². The van der Waals surface area contributed by atoms with Crippen LogP contribution in [-0.2, 0) is 0 Å². The van der Waals surface area contributed by atoms with Gasteiger partial charge in [-0.3, -0.25) is 9.59 Å². The number of H-pyrrole nitrogens is 1. The van der Waals surface area contributed by atoms with Crippen LogP contribution in [0.25, 0.3) is 0 Å². The number of carbonyl (C=O) groups excluding carboxylic acids is 2. The molecule has 16 heteroatoms. The molecule has 2 aromatic heterocycles. The normalized spacial score (nSPS) is 39.4. The van der Waals surface area contributed by atoms with Crippen LogP contribution in [0.3, 0.4) is 0 Å². The summed E-state index contributed by atoms with van der Waals surface area (Å²) < 4.78 is 3.95. The van der Waals surface area contributed by atoms with Crippen LogP contribution in [0.4, 0.5) is 0 Å². The van der Waals surface area contributed by atoms with E-state index in [4.69, 9.17) is 28.1 Å². The minimum Gasteiger partial charge on any atom is -0.370 e. The van der Waals surface area contributed by atoms with E-state index in [1.54, 1.807) is 12.1 Å². The average molecular weight is 749 g/mol. The molecule has 2 spiro atoms. The zero-order valence-corrected chi connectivity index (χ0v) is 25.5. The zero-order chi connectivity index (χ0) is 27.6. The first-order valence-electron chi connectivity index (χ1n) is 12.3. The topological polar surface area (TPSA) is 188 Å². The largest absolute Gasteiger partial charge is 0.370 e.